The molecule has 0 aliphatic rings. The second-order valence-corrected chi connectivity index (χ2v) is 5.62. The van der Waals surface area contributed by atoms with E-state index in [0.717, 1.165) is 23.2 Å². The Hall–Kier alpha value is -2.98. The second kappa shape index (κ2) is 8.60. The molecule has 7 heteroatoms. The van der Waals surface area contributed by atoms with Gasteiger partial charge in [0.25, 0.3) is 0 Å². The monoisotopic (exact) mass is 340 g/mol. The Morgan fingerprint density at radius 2 is 2.08 bits per heavy atom. The summed E-state index contributed by atoms with van der Waals surface area (Å²) in [5.74, 6) is 0.310. The lowest BCUT2D eigenvalue weighted by Gasteiger charge is -2.13. The third-order valence-corrected chi connectivity index (χ3v) is 3.99. The zero-order valence-electron chi connectivity index (χ0n) is 13.0. The number of rotatable bonds is 7. The topological polar surface area (TPSA) is 101 Å². The molecule has 1 aromatic carbocycles. The molecule has 24 heavy (non-hydrogen) atoms. The van der Waals surface area contributed by atoms with Crippen LogP contribution in [0.3, 0.4) is 0 Å². The highest BCUT2D eigenvalue weighted by Crippen LogP contribution is 2.28. The van der Waals surface area contributed by atoms with E-state index in [9.17, 15) is 10.1 Å². The number of ether oxygens (including phenoxy) is 1. The molecule has 0 saturated carbocycles. The fraction of sp³-hybridized carbons (Fsp3) is 0.118. The molecule has 0 bridgehead atoms. The highest BCUT2D eigenvalue weighted by atomic mass is 32.2. The smallest absolute Gasteiger partial charge is 0.227 e. The lowest BCUT2D eigenvalue weighted by molar-refractivity contribution is -0.115. The Bertz CT molecular complexity index is 767. The Labute approximate surface area is 144 Å². The lowest BCUT2D eigenvalue weighted by atomic mass is 10.2. The molecule has 1 heterocycles. The van der Waals surface area contributed by atoms with Crippen molar-refractivity contribution < 1.29 is 9.53 Å². The SMILES string of the molecule is COc1ccc(N/C(SCC(N)=O)=C(/C#N)c2ccccn2)cc1. The maximum Gasteiger partial charge on any atom is 0.227 e. The van der Waals surface area contributed by atoms with Gasteiger partial charge in [0.1, 0.15) is 17.4 Å². The number of hydrogen-bond donors (Lipinski definition) is 2. The minimum absolute atomic E-state index is 0.0521. The third-order valence-electron chi connectivity index (χ3n) is 2.97. The Morgan fingerprint density at radius 3 is 2.62 bits per heavy atom. The number of anilines is 1. The quantitative estimate of drug-likeness (QED) is 0.751. The number of nitrogens with zero attached hydrogens (tertiary/aromatic N) is 2. The molecule has 0 aliphatic heterocycles. The molecule has 1 amide bonds. The van der Waals surface area contributed by atoms with Crippen molar-refractivity contribution in [2.75, 3.05) is 18.2 Å². The molecule has 3 N–H and O–H groups in total. The normalized spacial score (nSPS) is 11.2. The Morgan fingerprint density at radius 1 is 1.33 bits per heavy atom. The number of allylic oxidation sites excluding steroid dienone is 1. The average Bonchev–Trinajstić information content (AvgIpc) is 2.61. The van der Waals surface area contributed by atoms with Gasteiger partial charge in [-0.2, -0.15) is 5.26 Å². The van der Waals surface area contributed by atoms with Gasteiger partial charge < -0.3 is 15.8 Å². The molecule has 122 valence electrons. The number of primary amides is 1. The maximum absolute atomic E-state index is 11.1. The zero-order valence-corrected chi connectivity index (χ0v) is 13.8. The van der Waals surface area contributed by atoms with Crippen LogP contribution in [0.4, 0.5) is 5.69 Å². The Balaban J connectivity index is 2.36. The first-order valence-electron chi connectivity index (χ1n) is 7.02. The zero-order chi connectivity index (χ0) is 17.4. The van der Waals surface area contributed by atoms with E-state index in [2.05, 4.69) is 16.4 Å². The van der Waals surface area contributed by atoms with Gasteiger partial charge in [-0.15, -0.1) is 0 Å². The molecule has 2 aromatic rings. The van der Waals surface area contributed by atoms with Crippen LogP contribution in [0.2, 0.25) is 0 Å². The van der Waals surface area contributed by atoms with Crippen LogP contribution < -0.4 is 15.8 Å². The number of nitrogens with one attached hydrogen (secondary N) is 1. The summed E-state index contributed by atoms with van der Waals surface area (Å²) < 4.78 is 5.12. The Kier molecular flexibility index (Phi) is 6.23. The molecule has 0 spiro atoms. The predicted octanol–water partition coefficient (Wildman–Crippen LogP) is 2.61. The van der Waals surface area contributed by atoms with Crippen molar-refractivity contribution in [3.63, 3.8) is 0 Å². The van der Waals surface area contributed by atoms with Crippen molar-refractivity contribution in [3.05, 3.63) is 59.4 Å². The average molecular weight is 340 g/mol. The predicted molar refractivity (Wildman–Crippen MR) is 95.0 cm³/mol. The van der Waals surface area contributed by atoms with Crippen LogP contribution in [0.5, 0.6) is 5.75 Å². The van der Waals surface area contributed by atoms with Crippen molar-refractivity contribution in [1.29, 1.82) is 5.26 Å². The minimum atomic E-state index is -0.465. The van der Waals surface area contributed by atoms with Gasteiger partial charge in [0.05, 0.1) is 23.6 Å². The van der Waals surface area contributed by atoms with E-state index in [1.807, 2.05) is 12.1 Å². The molecular weight excluding hydrogens is 324 g/mol. The number of thioether (sulfide) groups is 1. The highest BCUT2D eigenvalue weighted by Gasteiger charge is 2.13. The number of nitrogens with two attached hydrogens (primary N) is 1. The number of hydrogen-bond acceptors (Lipinski definition) is 6. The van der Waals surface area contributed by atoms with E-state index >= 15 is 0 Å². The molecule has 0 aliphatic carbocycles. The molecule has 1 aromatic heterocycles. The van der Waals surface area contributed by atoms with Gasteiger partial charge in [-0.25, -0.2) is 0 Å². The van der Waals surface area contributed by atoms with Crippen LogP contribution in [-0.2, 0) is 4.79 Å². The first-order valence-corrected chi connectivity index (χ1v) is 8.00. The molecule has 0 atom stereocenters. The number of benzene rings is 1. The molecule has 6 nitrogen and oxygen atoms in total. The molecule has 2 rings (SSSR count). The number of aromatic nitrogens is 1. The molecule has 0 radical (unpaired) electrons. The summed E-state index contributed by atoms with van der Waals surface area (Å²) in [5, 5.41) is 13.2. The number of carbonyl (C=O) groups is 1. The van der Waals surface area contributed by atoms with E-state index in [1.165, 1.54) is 0 Å². The lowest BCUT2D eigenvalue weighted by Crippen LogP contribution is -2.14. The summed E-state index contributed by atoms with van der Waals surface area (Å²) in [6.45, 7) is 0. The number of methoxy groups -OCH3 is 1. The van der Waals surface area contributed by atoms with Crippen molar-refractivity contribution in [2.24, 2.45) is 5.73 Å². The highest BCUT2D eigenvalue weighted by molar-refractivity contribution is 8.04. The number of nitriles is 1. The summed E-state index contributed by atoms with van der Waals surface area (Å²) in [7, 11) is 1.59. The molecule has 0 fully saturated rings. The van der Waals surface area contributed by atoms with E-state index in [4.69, 9.17) is 10.5 Å². The molecule has 0 saturated heterocycles. The summed E-state index contributed by atoms with van der Waals surface area (Å²) in [6, 6.07) is 14.7. The fourth-order valence-electron chi connectivity index (χ4n) is 1.85. The van der Waals surface area contributed by atoms with Crippen molar-refractivity contribution in [1.82, 2.24) is 4.98 Å². The van der Waals surface area contributed by atoms with Gasteiger partial charge >= 0.3 is 0 Å². The minimum Gasteiger partial charge on any atom is -0.497 e. The van der Waals surface area contributed by atoms with Crippen LogP contribution in [0.1, 0.15) is 5.69 Å². The van der Waals surface area contributed by atoms with Gasteiger partial charge in [-0.1, -0.05) is 17.8 Å². The van der Waals surface area contributed by atoms with Crippen molar-refractivity contribution in [3.8, 4) is 11.8 Å². The van der Waals surface area contributed by atoms with Crippen molar-refractivity contribution in [2.45, 2.75) is 0 Å². The van der Waals surface area contributed by atoms with Crippen LogP contribution in [0, 0.1) is 11.3 Å². The largest absolute Gasteiger partial charge is 0.497 e. The van der Waals surface area contributed by atoms with E-state index in [0.29, 0.717) is 16.3 Å². The van der Waals surface area contributed by atoms with Crippen LogP contribution in [-0.4, -0.2) is 23.8 Å². The van der Waals surface area contributed by atoms with Crippen molar-refractivity contribution >= 4 is 28.9 Å². The van der Waals surface area contributed by atoms with Gasteiger partial charge in [0, 0.05) is 11.9 Å². The first-order chi connectivity index (χ1) is 11.6. The maximum atomic E-state index is 11.1. The van der Waals surface area contributed by atoms with Gasteiger partial charge in [0.15, 0.2) is 0 Å². The van der Waals surface area contributed by atoms with E-state index < -0.39 is 5.91 Å². The third kappa shape index (κ3) is 4.76. The number of amides is 1. The summed E-state index contributed by atoms with van der Waals surface area (Å²) in [4.78, 5) is 15.3. The fourth-order valence-corrected chi connectivity index (χ4v) is 2.63. The number of carbonyl (C=O) groups excluding carboxylic acids is 1. The second-order valence-electron chi connectivity index (χ2n) is 4.64. The van der Waals surface area contributed by atoms with Gasteiger partial charge in [-0.3, -0.25) is 9.78 Å². The van der Waals surface area contributed by atoms with Gasteiger partial charge in [-0.05, 0) is 36.4 Å². The van der Waals surface area contributed by atoms with Crippen LogP contribution in [0.25, 0.3) is 5.57 Å². The molecular formula is C17H16N4O2S. The van der Waals surface area contributed by atoms with Gasteiger partial charge in [0.2, 0.25) is 5.91 Å². The standard InChI is InChI=1S/C17H16N4O2S/c1-23-13-7-5-12(6-8-13)21-17(24-11-16(19)22)14(10-18)15-4-2-3-9-20-15/h2-9,21H,11H2,1H3,(H2,19,22)/b17-14+. The van der Waals surface area contributed by atoms with Crippen LogP contribution in [0.15, 0.2) is 53.7 Å². The molecule has 0 unspecified atom stereocenters. The van der Waals surface area contributed by atoms with Crippen LogP contribution >= 0.6 is 11.8 Å². The summed E-state index contributed by atoms with van der Waals surface area (Å²) in [6.07, 6.45) is 1.61. The van der Waals surface area contributed by atoms with E-state index in [1.54, 1.807) is 43.6 Å². The van der Waals surface area contributed by atoms with E-state index in [-0.39, 0.29) is 5.75 Å². The number of pyridine rings is 1. The summed E-state index contributed by atoms with van der Waals surface area (Å²) >= 11 is 1.16. The summed E-state index contributed by atoms with van der Waals surface area (Å²) in [5.41, 5.74) is 6.85. The first kappa shape index (κ1) is 17.4.